The van der Waals surface area contributed by atoms with Gasteiger partial charge >= 0.3 is 0 Å². The Morgan fingerprint density at radius 2 is 2.00 bits per heavy atom. The van der Waals surface area contributed by atoms with E-state index < -0.39 is 5.60 Å². The SMILES string of the molecule is COC(C)(C#N)Cc1ccc(Cl)cc1. The summed E-state index contributed by atoms with van der Waals surface area (Å²) in [6.45, 7) is 1.77. The van der Waals surface area contributed by atoms with Gasteiger partial charge in [0.25, 0.3) is 0 Å². The van der Waals surface area contributed by atoms with E-state index in [4.69, 9.17) is 21.6 Å². The van der Waals surface area contributed by atoms with Gasteiger partial charge in [-0.1, -0.05) is 23.7 Å². The lowest BCUT2D eigenvalue weighted by Gasteiger charge is -2.19. The summed E-state index contributed by atoms with van der Waals surface area (Å²) in [4.78, 5) is 0. The Bertz CT molecular complexity index is 341. The summed E-state index contributed by atoms with van der Waals surface area (Å²) in [5, 5.41) is 9.60. The molecular weight excluding hydrogens is 198 g/mol. The molecule has 0 aromatic heterocycles. The molecule has 1 unspecified atom stereocenters. The Hall–Kier alpha value is -1.04. The molecule has 0 spiro atoms. The van der Waals surface area contributed by atoms with Crippen molar-refractivity contribution in [1.82, 2.24) is 0 Å². The fourth-order valence-electron chi connectivity index (χ4n) is 1.15. The summed E-state index contributed by atoms with van der Waals surface area (Å²) in [7, 11) is 1.54. The predicted molar refractivity (Wildman–Crippen MR) is 56.2 cm³/mol. The van der Waals surface area contributed by atoms with Gasteiger partial charge in [0, 0.05) is 18.6 Å². The van der Waals surface area contributed by atoms with Crippen molar-refractivity contribution in [1.29, 1.82) is 5.26 Å². The molecule has 0 radical (unpaired) electrons. The van der Waals surface area contributed by atoms with Crippen LogP contribution in [-0.2, 0) is 11.2 Å². The molecule has 1 aromatic rings. The van der Waals surface area contributed by atoms with Gasteiger partial charge < -0.3 is 4.74 Å². The van der Waals surface area contributed by atoms with E-state index in [-0.39, 0.29) is 0 Å². The molecular formula is C11H12ClNO. The van der Waals surface area contributed by atoms with Crippen molar-refractivity contribution >= 4 is 11.6 Å². The average Bonchev–Trinajstić information content (AvgIpc) is 2.21. The van der Waals surface area contributed by atoms with Gasteiger partial charge in [-0.15, -0.1) is 0 Å². The number of methoxy groups -OCH3 is 1. The molecule has 1 aromatic carbocycles. The molecule has 0 fully saturated rings. The van der Waals surface area contributed by atoms with Gasteiger partial charge in [-0.3, -0.25) is 0 Å². The van der Waals surface area contributed by atoms with E-state index in [1.165, 1.54) is 0 Å². The van der Waals surface area contributed by atoms with Crippen molar-refractivity contribution in [2.24, 2.45) is 0 Å². The molecule has 2 nitrogen and oxygen atoms in total. The van der Waals surface area contributed by atoms with E-state index in [9.17, 15) is 0 Å². The third-order valence-electron chi connectivity index (χ3n) is 2.14. The minimum absolute atomic E-state index is 0.567. The maximum absolute atomic E-state index is 8.90. The summed E-state index contributed by atoms with van der Waals surface area (Å²) < 4.78 is 5.13. The highest BCUT2D eigenvalue weighted by Crippen LogP contribution is 2.17. The van der Waals surface area contributed by atoms with Crippen molar-refractivity contribution in [2.45, 2.75) is 18.9 Å². The van der Waals surface area contributed by atoms with Gasteiger partial charge in [-0.25, -0.2) is 0 Å². The van der Waals surface area contributed by atoms with Crippen molar-refractivity contribution in [3.8, 4) is 6.07 Å². The number of hydrogen-bond acceptors (Lipinski definition) is 2. The summed E-state index contributed by atoms with van der Waals surface area (Å²) >= 11 is 5.75. The number of ether oxygens (including phenoxy) is 1. The molecule has 0 aliphatic carbocycles. The quantitative estimate of drug-likeness (QED) is 0.767. The molecule has 0 saturated heterocycles. The molecule has 74 valence electrons. The van der Waals surface area contributed by atoms with Crippen molar-refractivity contribution < 1.29 is 4.74 Å². The molecule has 0 saturated carbocycles. The number of benzene rings is 1. The third kappa shape index (κ3) is 2.73. The van der Waals surface area contributed by atoms with E-state index in [1.807, 2.05) is 24.3 Å². The number of rotatable bonds is 3. The second-order valence-electron chi connectivity index (χ2n) is 3.35. The summed E-state index contributed by atoms with van der Waals surface area (Å²) in [5.74, 6) is 0. The van der Waals surface area contributed by atoms with Crippen LogP contribution in [0.25, 0.3) is 0 Å². The minimum Gasteiger partial charge on any atom is -0.363 e. The molecule has 3 heteroatoms. The lowest BCUT2D eigenvalue weighted by Crippen LogP contribution is -2.27. The molecule has 0 bridgehead atoms. The maximum atomic E-state index is 8.90. The molecule has 0 N–H and O–H groups in total. The molecule has 1 rings (SSSR count). The Balaban J connectivity index is 2.79. The predicted octanol–water partition coefficient (Wildman–Crippen LogP) is 2.81. The van der Waals surface area contributed by atoms with E-state index in [0.717, 1.165) is 5.56 Å². The van der Waals surface area contributed by atoms with E-state index in [1.54, 1.807) is 14.0 Å². The molecule has 1 atom stereocenters. The van der Waals surface area contributed by atoms with Crippen LogP contribution in [0.1, 0.15) is 12.5 Å². The van der Waals surface area contributed by atoms with Crippen LogP contribution in [0.15, 0.2) is 24.3 Å². The molecule has 0 aliphatic heterocycles. The van der Waals surface area contributed by atoms with Crippen LogP contribution in [0.3, 0.4) is 0 Å². The number of halogens is 1. The Morgan fingerprint density at radius 1 is 1.43 bits per heavy atom. The molecule has 0 aliphatic rings. The zero-order valence-electron chi connectivity index (χ0n) is 8.25. The van der Waals surface area contributed by atoms with Crippen LogP contribution in [0.5, 0.6) is 0 Å². The Kier molecular flexibility index (Phi) is 3.51. The van der Waals surface area contributed by atoms with E-state index in [0.29, 0.717) is 11.4 Å². The number of nitriles is 1. The normalized spacial score (nSPS) is 14.4. The first-order valence-electron chi connectivity index (χ1n) is 4.30. The lowest BCUT2D eigenvalue weighted by atomic mass is 9.98. The van der Waals surface area contributed by atoms with Crippen LogP contribution in [0.2, 0.25) is 5.02 Å². The fourth-order valence-corrected chi connectivity index (χ4v) is 1.28. The standard InChI is InChI=1S/C11H12ClNO/c1-11(8-13,14-2)7-9-3-5-10(12)6-4-9/h3-6H,7H2,1-2H3. The summed E-state index contributed by atoms with van der Waals surface area (Å²) in [5.41, 5.74) is 0.286. The monoisotopic (exact) mass is 209 g/mol. The number of hydrogen-bond donors (Lipinski definition) is 0. The van der Waals surface area contributed by atoms with Gasteiger partial charge in [-0.05, 0) is 24.6 Å². The highest BCUT2D eigenvalue weighted by Gasteiger charge is 2.22. The van der Waals surface area contributed by atoms with Gasteiger partial charge in [0.05, 0.1) is 6.07 Å². The van der Waals surface area contributed by atoms with Crippen LogP contribution < -0.4 is 0 Å². The highest BCUT2D eigenvalue weighted by molar-refractivity contribution is 6.30. The first kappa shape index (κ1) is 11.0. The van der Waals surface area contributed by atoms with Crippen molar-refractivity contribution in [2.75, 3.05) is 7.11 Å². The smallest absolute Gasteiger partial charge is 0.155 e. The largest absolute Gasteiger partial charge is 0.363 e. The van der Waals surface area contributed by atoms with Gasteiger partial charge in [0.2, 0.25) is 0 Å². The van der Waals surface area contributed by atoms with Crippen LogP contribution in [-0.4, -0.2) is 12.7 Å². The Labute approximate surface area is 89.1 Å². The van der Waals surface area contributed by atoms with Crippen LogP contribution >= 0.6 is 11.6 Å². The van der Waals surface area contributed by atoms with Crippen molar-refractivity contribution in [3.05, 3.63) is 34.9 Å². The lowest BCUT2D eigenvalue weighted by molar-refractivity contribution is 0.0559. The van der Waals surface area contributed by atoms with E-state index in [2.05, 4.69) is 6.07 Å². The first-order valence-corrected chi connectivity index (χ1v) is 4.68. The molecule has 14 heavy (non-hydrogen) atoms. The fraction of sp³-hybridized carbons (Fsp3) is 0.364. The minimum atomic E-state index is -0.756. The van der Waals surface area contributed by atoms with Gasteiger partial charge in [0.15, 0.2) is 5.60 Å². The number of nitrogens with zero attached hydrogens (tertiary/aromatic N) is 1. The maximum Gasteiger partial charge on any atom is 0.155 e. The zero-order valence-corrected chi connectivity index (χ0v) is 9.01. The average molecular weight is 210 g/mol. The van der Waals surface area contributed by atoms with E-state index >= 15 is 0 Å². The molecule has 0 heterocycles. The van der Waals surface area contributed by atoms with Crippen LogP contribution in [0, 0.1) is 11.3 Å². The van der Waals surface area contributed by atoms with Gasteiger partial charge in [-0.2, -0.15) is 5.26 Å². The first-order chi connectivity index (χ1) is 6.59. The Morgan fingerprint density at radius 3 is 2.43 bits per heavy atom. The van der Waals surface area contributed by atoms with Crippen LogP contribution in [0.4, 0.5) is 0 Å². The third-order valence-corrected chi connectivity index (χ3v) is 2.39. The van der Waals surface area contributed by atoms with Gasteiger partial charge in [0.1, 0.15) is 0 Å². The highest BCUT2D eigenvalue weighted by atomic mass is 35.5. The second-order valence-corrected chi connectivity index (χ2v) is 3.79. The summed E-state index contributed by atoms with van der Waals surface area (Å²) in [6, 6.07) is 9.56. The zero-order chi connectivity index (χ0) is 10.6. The van der Waals surface area contributed by atoms with Crippen molar-refractivity contribution in [3.63, 3.8) is 0 Å². The topological polar surface area (TPSA) is 33.0 Å². The second kappa shape index (κ2) is 4.45. The molecule has 0 amide bonds. The summed E-state index contributed by atoms with van der Waals surface area (Å²) in [6.07, 6.45) is 0.567.